The zero-order chi connectivity index (χ0) is 27.8. The number of hydrogen-bond acceptors (Lipinski definition) is 8. The molecule has 1 heterocycles. The highest BCUT2D eigenvalue weighted by Gasteiger charge is 2.31. The Morgan fingerprint density at radius 2 is 1.69 bits per heavy atom. The molecule has 9 nitrogen and oxygen atoms in total. The molecule has 11 heteroatoms. The maximum Gasteiger partial charge on any atom is 0.342 e. The molecule has 39 heavy (non-hydrogen) atoms. The zero-order valence-corrected chi connectivity index (χ0v) is 23.0. The molecular weight excluding hydrogens is 542 g/mol. The van der Waals surface area contributed by atoms with Gasteiger partial charge < -0.3 is 13.9 Å². The van der Waals surface area contributed by atoms with Gasteiger partial charge in [0.25, 0.3) is 0 Å². The number of methoxy groups -OCH3 is 1. The van der Waals surface area contributed by atoms with Gasteiger partial charge in [0.2, 0.25) is 10.0 Å². The number of carbonyl (C=O) groups is 1. The Morgan fingerprint density at radius 3 is 2.31 bits per heavy atom. The lowest BCUT2D eigenvalue weighted by molar-refractivity contribution is 0.0603. The summed E-state index contributed by atoms with van der Waals surface area (Å²) in [7, 11) is -6.69. The summed E-state index contributed by atoms with van der Waals surface area (Å²) in [4.78, 5) is 12.9. The third-order valence-corrected chi connectivity index (χ3v) is 9.75. The fourth-order valence-corrected chi connectivity index (χ4v) is 7.41. The molecule has 5 rings (SSSR count). The Labute approximate surface area is 226 Å². The van der Waals surface area contributed by atoms with E-state index >= 15 is 0 Å². The largest absolute Gasteiger partial charge is 0.489 e. The lowest BCUT2D eigenvalue weighted by Gasteiger charge is -2.12. The number of esters is 1. The summed E-state index contributed by atoms with van der Waals surface area (Å²) in [6.07, 6.45) is 2.54. The second kappa shape index (κ2) is 10.4. The molecule has 1 aliphatic rings. The molecule has 1 aromatic heterocycles. The van der Waals surface area contributed by atoms with Gasteiger partial charge in [-0.3, -0.25) is 4.72 Å². The van der Waals surface area contributed by atoms with Gasteiger partial charge in [-0.1, -0.05) is 30.3 Å². The van der Waals surface area contributed by atoms with Crippen LogP contribution in [0.25, 0.3) is 22.3 Å². The van der Waals surface area contributed by atoms with Crippen LogP contribution in [0, 0.1) is 0 Å². The fourth-order valence-electron chi connectivity index (χ4n) is 4.41. The van der Waals surface area contributed by atoms with Crippen molar-refractivity contribution in [1.29, 1.82) is 0 Å². The average Bonchev–Trinajstić information content (AvgIpc) is 3.66. The standard InChI is InChI=1S/C28H27NO8S2/c1-35-28(30)26-23-14-22(19-8-9-19)24(29-39(33,34)17-38(2,31)32)15-25(23)37-27(26)20-10-12-21(13-11-20)36-16-18-6-4-3-5-7-18/h3-7,10-15,19,29H,8-9,16-17H2,1-2H3. The summed E-state index contributed by atoms with van der Waals surface area (Å²) in [5.41, 5.74) is 3.01. The molecule has 0 atom stereocenters. The normalized spacial score (nSPS) is 13.8. The second-order valence-electron chi connectivity index (χ2n) is 9.57. The van der Waals surface area contributed by atoms with E-state index in [1.807, 2.05) is 30.3 Å². The van der Waals surface area contributed by atoms with Gasteiger partial charge in [0, 0.05) is 23.3 Å². The lowest BCUT2D eigenvalue weighted by atomic mass is 10.0. The van der Waals surface area contributed by atoms with Gasteiger partial charge in [-0.15, -0.1) is 0 Å². The van der Waals surface area contributed by atoms with Crippen LogP contribution >= 0.6 is 0 Å². The van der Waals surface area contributed by atoms with Crippen molar-refractivity contribution >= 4 is 42.5 Å². The molecule has 3 aromatic carbocycles. The summed E-state index contributed by atoms with van der Waals surface area (Å²) in [5.74, 6) is 0.386. The van der Waals surface area contributed by atoms with Crippen molar-refractivity contribution in [3.63, 3.8) is 0 Å². The number of ether oxygens (including phenoxy) is 2. The summed E-state index contributed by atoms with van der Waals surface area (Å²) in [6, 6.07) is 20.0. The van der Waals surface area contributed by atoms with E-state index in [1.54, 1.807) is 30.3 Å². The van der Waals surface area contributed by atoms with Crippen LogP contribution in [0.5, 0.6) is 5.75 Å². The van der Waals surface area contributed by atoms with E-state index in [0.29, 0.717) is 28.9 Å². The molecule has 0 radical (unpaired) electrons. The highest BCUT2D eigenvalue weighted by atomic mass is 32.3. The Hall–Kier alpha value is -3.83. The molecular formula is C28H27NO8S2. The molecule has 4 aromatic rings. The van der Waals surface area contributed by atoms with E-state index in [-0.39, 0.29) is 28.5 Å². The minimum absolute atomic E-state index is 0.0789. The molecule has 204 valence electrons. The van der Waals surface area contributed by atoms with Crippen molar-refractivity contribution in [3.8, 4) is 17.1 Å². The fraction of sp³-hybridized carbons (Fsp3) is 0.250. The Kier molecular flexibility index (Phi) is 7.13. The number of furan rings is 1. The van der Waals surface area contributed by atoms with Crippen LogP contribution in [0.3, 0.4) is 0 Å². The number of fused-ring (bicyclic) bond motifs is 1. The first kappa shape index (κ1) is 26.8. The topological polar surface area (TPSA) is 129 Å². The van der Waals surface area contributed by atoms with Crippen LogP contribution in [0.4, 0.5) is 5.69 Å². The Morgan fingerprint density at radius 1 is 1.00 bits per heavy atom. The molecule has 0 saturated heterocycles. The number of rotatable bonds is 10. The van der Waals surface area contributed by atoms with Crippen molar-refractivity contribution in [2.45, 2.75) is 25.4 Å². The van der Waals surface area contributed by atoms with E-state index < -0.39 is 30.9 Å². The molecule has 1 aliphatic carbocycles. The summed E-state index contributed by atoms with van der Waals surface area (Å²) >= 11 is 0. The maximum absolute atomic E-state index is 12.9. The summed E-state index contributed by atoms with van der Waals surface area (Å²) in [6.45, 7) is 0.403. The van der Waals surface area contributed by atoms with Crippen LogP contribution in [0.2, 0.25) is 0 Å². The third-order valence-electron chi connectivity index (χ3n) is 6.27. The van der Waals surface area contributed by atoms with E-state index in [2.05, 4.69) is 4.72 Å². The monoisotopic (exact) mass is 569 g/mol. The van der Waals surface area contributed by atoms with Crippen molar-refractivity contribution < 1.29 is 35.5 Å². The first-order valence-electron chi connectivity index (χ1n) is 12.2. The predicted molar refractivity (Wildman–Crippen MR) is 148 cm³/mol. The minimum atomic E-state index is -4.18. The van der Waals surface area contributed by atoms with E-state index in [4.69, 9.17) is 13.9 Å². The van der Waals surface area contributed by atoms with Crippen LogP contribution < -0.4 is 9.46 Å². The molecule has 0 spiro atoms. The molecule has 1 N–H and O–H groups in total. The van der Waals surface area contributed by atoms with Crippen LogP contribution in [0.15, 0.2) is 71.1 Å². The SMILES string of the molecule is COC(=O)c1c(-c2ccc(OCc3ccccc3)cc2)oc2cc(NS(=O)(=O)CS(C)(=O)=O)c(C3CC3)cc12. The van der Waals surface area contributed by atoms with Gasteiger partial charge in [-0.25, -0.2) is 21.6 Å². The molecule has 0 unspecified atom stereocenters. The van der Waals surface area contributed by atoms with Crippen LogP contribution in [0.1, 0.15) is 40.2 Å². The number of hydrogen-bond donors (Lipinski definition) is 1. The highest BCUT2D eigenvalue weighted by molar-refractivity contribution is 8.08. The second-order valence-corrected chi connectivity index (χ2v) is 13.8. The van der Waals surface area contributed by atoms with Crippen molar-refractivity contribution in [2.24, 2.45) is 0 Å². The predicted octanol–water partition coefficient (Wildman–Crippen LogP) is 5.09. The van der Waals surface area contributed by atoms with Crippen molar-refractivity contribution in [1.82, 2.24) is 0 Å². The van der Waals surface area contributed by atoms with Crippen molar-refractivity contribution in [3.05, 3.63) is 83.4 Å². The minimum Gasteiger partial charge on any atom is -0.489 e. The third kappa shape index (κ3) is 6.26. The van der Waals surface area contributed by atoms with Gasteiger partial charge in [-0.2, -0.15) is 0 Å². The van der Waals surface area contributed by atoms with Gasteiger partial charge >= 0.3 is 5.97 Å². The van der Waals surface area contributed by atoms with Crippen LogP contribution in [-0.2, 0) is 31.2 Å². The maximum atomic E-state index is 12.9. The number of carbonyl (C=O) groups excluding carboxylic acids is 1. The first-order chi connectivity index (χ1) is 18.5. The molecule has 1 saturated carbocycles. The van der Waals surface area contributed by atoms with E-state index in [0.717, 1.165) is 24.7 Å². The molecule has 0 aliphatic heterocycles. The number of anilines is 1. The van der Waals surface area contributed by atoms with Crippen molar-refractivity contribution in [2.75, 3.05) is 23.2 Å². The Bertz CT molecular complexity index is 1740. The average molecular weight is 570 g/mol. The van der Waals surface area contributed by atoms with Gasteiger partial charge in [0.1, 0.15) is 29.3 Å². The lowest BCUT2D eigenvalue weighted by Crippen LogP contribution is -2.22. The highest BCUT2D eigenvalue weighted by Crippen LogP contribution is 2.47. The van der Waals surface area contributed by atoms with E-state index in [9.17, 15) is 21.6 Å². The molecule has 0 bridgehead atoms. The number of nitrogens with one attached hydrogen (secondary N) is 1. The molecule has 0 amide bonds. The van der Waals surface area contributed by atoms with Gasteiger partial charge in [0.15, 0.2) is 14.9 Å². The van der Waals surface area contributed by atoms with Gasteiger partial charge in [0.05, 0.1) is 12.8 Å². The Balaban J connectivity index is 1.52. The zero-order valence-electron chi connectivity index (χ0n) is 21.3. The number of sulfone groups is 1. The quantitative estimate of drug-likeness (QED) is 0.262. The number of benzene rings is 3. The first-order valence-corrected chi connectivity index (χ1v) is 15.9. The summed E-state index contributed by atoms with van der Waals surface area (Å²) in [5, 5.41) is -0.563. The van der Waals surface area contributed by atoms with Gasteiger partial charge in [-0.05, 0) is 60.2 Å². The van der Waals surface area contributed by atoms with E-state index in [1.165, 1.54) is 13.2 Å². The smallest absolute Gasteiger partial charge is 0.342 e. The molecule has 1 fully saturated rings. The van der Waals surface area contributed by atoms with Crippen LogP contribution in [-0.4, -0.2) is 41.3 Å². The number of sulfonamides is 1. The summed E-state index contributed by atoms with van der Waals surface area (Å²) < 4.78 is 67.8.